The van der Waals surface area contributed by atoms with Crippen molar-refractivity contribution in [2.75, 3.05) is 38.3 Å². The molecule has 8 heteroatoms. The van der Waals surface area contributed by atoms with Gasteiger partial charge in [0.2, 0.25) is 10.0 Å². The fourth-order valence-electron chi connectivity index (χ4n) is 2.83. The smallest absolute Gasteiger partial charge is 0.244 e. The predicted octanol–water partition coefficient (Wildman–Crippen LogP) is 3.76. The normalized spacial score (nSPS) is 15.5. The molecule has 0 amide bonds. The average Bonchev–Trinajstić information content (AvgIpc) is 2.62. The van der Waals surface area contributed by atoms with Gasteiger partial charge in [-0.25, -0.2) is 8.42 Å². The molecular formula is C18H20BrClN2O3S. The van der Waals surface area contributed by atoms with Crippen LogP contribution >= 0.6 is 27.5 Å². The summed E-state index contributed by atoms with van der Waals surface area (Å²) in [5.74, 6) is 0. The molecule has 2 aromatic rings. The van der Waals surface area contributed by atoms with Crippen LogP contribution in [-0.4, -0.2) is 46.1 Å². The molecule has 0 atom stereocenters. The zero-order chi connectivity index (χ0) is 18.7. The molecular weight excluding hydrogens is 440 g/mol. The third-order valence-corrected chi connectivity index (χ3v) is 7.08. The van der Waals surface area contributed by atoms with E-state index in [4.69, 9.17) is 16.3 Å². The van der Waals surface area contributed by atoms with Crippen LogP contribution in [0.5, 0.6) is 0 Å². The van der Waals surface area contributed by atoms with Gasteiger partial charge in [-0.2, -0.15) is 4.31 Å². The molecule has 0 spiro atoms. The summed E-state index contributed by atoms with van der Waals surface area (Å²) in [5.41, 5.74) is 2.04. The van der Waals surface area contributed by atoms with Crippen molar-refractivity contribution in [2.45, 2.75) is 11.4 Å². The number of morpholine rings is 1. The van der Waals surface area contributed by atoms with Crippen molar-refractivity contribution in [3.63, 3.8) is 0 Å². The van der Waals surface area contributed by atoms with Gasteiger partial charge in [-0.1, -0.05) is 39.7 Å². The van der Waals surface area contributed by atoms with Crippen LogP contribution in [0.1, 0.15) is 5.56 Å². The molecule has 3 rings (SSSR count). The van der Waals surface area contributed by atoms with Gasteiger partial charge in [0.15, 0.2) is 0 Å². The summed E-state index contributed by atoms with van der Waals surface area (Å²) in [5, 5.41) is 0.203. The van der Waals surface area contributed by atoms with E-state index in [2.05, 4.69) is 20.8 Å². The minimum absolute atomic E-state index is 0.106. The first-order valence-corrected chi connectivity index (χ1v) is 10.8. The summed E-state index contributed by atoms with van der Waals surface area (Å²) in [7, 11) is -2.10. The molecule has 0 aromatic heterocycles. The largest absolute Gasteiger partial charge is 0.378 e. The van der Waals surface area contributed by atoms with Crippen molar-refractivity contribution in [3.8, 4) is 0 Å². The van der Waals surface area contributed by atoms with Crippen LogP contribution in [0.3, 0.4) is 0 Å². The third-order valence-electron chi connectivity index (χ3n) is 4.30. The Morgan fingerprint density at radius 2 is 1.81 bits per heavy atom. The predicted molar refractivity (Wildman–Crippen MR) is 107 cm³/mol. The maximum Gasteiger partial charge on any atom is 0.244 e. The lowest BCUT2D eigenvalue weighted by Gasteiger charge is -2.29. The fraction of sp³-hybridized carbons (Fsp3) is 0.333. The number of halogens is 2. The molecule has 1 aliphatic heterocycles. The molecule has 1 saturated heterocycles. The molecule has 5 nitrogen and oxygen atoms in total. The van der Waals surface area contributed by atoms with E-state index in [-0.39, 0.29) is 16.5 Å². The second kappa shape index (κ2) is 8.27. The Bertz CT molecular complexity index is 869. The number of benzene rings is 2. The molecule has 1 heterocycles. The lowest BCUT2D eigenvalue weighted by Crippen LogP contribution is -2.36. The van der Waals surface area contributed by atoms with Gasteiger partial charge in [0.05, 0.1) is 18.2 Å². The van der Waals surface area contributed by atoms with E-state index in [9.17, 15) is 8.42 Å². The molecule has 0 aliphatic carbocycles. The number of nitrogens with zero attached hydrogens (tertiary/aromatic N) is 2. The Labute approximate surface area is 167 Å². The highest BCUT2D eigenvalue weighted by molar-refractivity contribution is 9.10. The third kappa shape index (κ3) is 4.40. The quantitative estimate of drug-likeness (QED) is 0.683. The topological polar surface area (TPSA) is 49.9 Å². The zero-order valence-electron chi connectivity index (χ0n) is 14.4. The van der Waals surface area contributed by atoms with Crippen molar-refractivity contribution in [1.29, 1.82) is 0 Å². The molecule has 26 heavy (non-hydrogen) atoms. The number of hydrogen-bond acceptors (Lipinski definition) is 4. The monoisotopic (exact) mass is 458 g/mol. The van der Waals surface area contributed by atoms with E-state index in [1.54, 1.807) is 19.2 Å². The summed E-state index contributed by atoms with van der Waals surface area (Å²) in [6, 6.07) is 12.7. The van der Waals surface area contributed by atoms with Gasteiger partial charge in [0.25, 0.3) is 0 Å². The van der Waals surface area contributed by atoms with Gasteiger partial charge in [-0.05, 0) is 35.9 Å². The van der Waals surface area contributed by atoms with Crippen molar-refractivity contribution < 1.29 is 13.2 Å². The Kier molecular flexibility index (Phi) is 6.25. The fourth-order valence-corrected chi connectivity index (χ4v) is 4.99. The molecule has 0 bridgehead atoms. The van der Waals surface area contributed by atoms with Gasteiger partial charge >= 0.3 is 0 Å². The SMILES string of the molecule is CN(Cc1ccc(N2CCOCC2)cc1)S(=O)(=O)c1ccc(Br)cc1Cl. The first-order chi connectivity index (χ1) is 12.4. The van der Waals surface area contributed by atoms with Gasteiger partial charge in [-0.3, -0.25) is 0 Å². The summed E-state index contributed by atoms with van der Waals surface area (Å²) in [4.78, 5) is 2.37. The molecule has 140 valence electrons. The lowest BCUT2D eigenvalue weighted by molar-refractivity contribution is 0.122. The summed E-state index contributed by atoms with van der Waals surface area (Å²) < 4.78 is 33.0. The highest BCUT2D eigenvalue weighted by Gasteiger charge is 2.24. The van der Waals surface area contributed by atoms with Gasteiger partial charge in [0.1, 0.15) is 4.90 Å². The van der Waals surface area contributed by atoms with Crippen molar-refractivity contribution >= 4 is 43.2 Å². The molecule has 1 aliphatic rings. The Morgan fingerprint density at radius 1 is 1.15 bits per heavy atom. The molecule has 0 unspecified atom stereocenters. The lowest BCUT2D eigenvalue weighted by atomic mass is 10.2. The van der Waals surface area contributed by atoms with Crippen LogP contribution < -0.4 is 4.90 Å². The van der Waals surface area contributed by atoms with E-state index in [0.29, 0.717) is 0 Å². The summed E-state index contributed by atoms with van der Waals surface area (Å²) in [6.45, 7) is 3.48. The van der Waals surface area contributed by atoms with Gasteiger partial charge in [0, 0.05) is 36.8 Å². The van der Waals surface area contributed by atoms with Gasteiger partial charge in [-0.15, -0.1) is 0 Å². The number of sulfonamides is 1. The van der Waals surface area contributed by atoms with Crippen LogP contribution in [0, 0.1) is 0 Å². The van der Waals surface area contributed by atoms with E-state index < -0.39 is 10.0 Å². The Hall–Kier alpha value is -1.12. The molecule has 0 radical (unpaired) electrons. The molecule has 0 saturated carbocycles. The number of hydrogen-bond donors (Lipinski definition) is 0. The molecule has 1 fully saturated rings. The summed E-state index contributed by atoms with van der Waals surface area (Å²) >= 11 is 9.40. The van der Waals surface area contributed by atoms with Gasteiger partial charge < -0.3 is 9.64 Å². The highest BCUT2D eigenvalue weighted by atomic mass is 79.9. The minimum Gasteiger partial charge on any atom is -0.378 e. The van der Waals surface area contributed by atoms with E-state index >= 15 is 0 Å². The maximum atomic E-state index is 12.8. The Balaban J connectivity index is 1.73. The first kappa shape index (κ1) is 19.6. The second-order valence-corrected chi connectivity index (χ2v) is 9.44. The summed E-state index contributed by atoms with van der Waals surface area (Å²) in [6.07, 6.45) is 0. The Morgan fingerprint density at radius 3 is 2.42 bits per heavy atom. The van der Waals surface area contributed by atoms with Crippen LogP contribution in [-0.2, 0) is 21.3 Å². The highest BCUT2D eigenvalue weighted by Crippen LogP contribution is 2.28. The van der Waals surface area contributed by atoms with E-state index in [0.717, 1.165) is 42.0 Å². The van der Waals surface area contributed by atoms with E-state index in [1.165, 1.54) is 10.4 Å². The minimum atomic E-state index is -3.66. The van der Waals surface area contributed by atoms with Crippen molar-refractivity contribution in [1.82, 2.24) is 4.31 Å². The van der Waals surface area contributed by atoms with E-state index in [1.807, 2.05) is 24.3 Å². The molecule has 0 N–H and O–H groups in total. The van der Waals surface area contributed by atoms with Crippen LogP contribution in [0.15, 0.2) is 51.8 Å². The van der Waals surface area contributed by atoms with Crippen LogP contribution in [0.4, 0.5) is 5.69 Å². The van der Waals surface area contributed by atoms with Crippen molar-refractivity contribution in [2.24, 2.45) is 0 Å². The van der Waals surface area contributed by atoms with Crippen LogP contribution in [0.25, 0.3) is 0 Å². The standard InChI is InChI=1S/C18H20BrClN2O3S/c1-21(26(23,24)18-7-4-15(19)12-17(18)20)13-14-2-5-16(6-3-14)22-8-10-25-11-9-22/h2-7,12H,8-11,13H2,1H3. The number of rotatable bonds is 5. The number of ether oxygens (including phenoxy) is 1. The average molecular weight is 460 g/mol. The maximum absolute atomic E-state index is 12.8. The first-order valence-electron chi connectivity index (χ1n) is 8.21. The van der Waals surface area contributed by atoms with Crippen molar-refractivity contribution in [3.05, 3.63) is 57.5 Å². The second-order valence-electron chi connectivity index (χ2n) is 6.10. The van der Waals surface area contributed by atoms with Crippen LogP contribution in [0.2, 0.25) is 5.02 Å². The zero-order valence-corrected chi connectivity index (χ0v) is 17.5. The molecule has 2 aromatic carbocycles. The number of anilines is 1.